The maximum Gasteiger partial charge on any atom is 0.184 e. The highest BCUT2D eigenvalue weighted by atomic mass is 32.1. The summed E-state index contributed by atoms with van der Waals surface area (Å²) < 4.78 is 5.17. The lowest BCUT2D eigenvalue weighted by atomic mass is 10.1. The second-order valence-electron chi connectivity index (χ2n) is 3.52. The monoisotopic (exact) mass is 260 g/mol. The van der Waals surface area contributed by atoms with Crippen LogP contribution < -0.4 is 15.9 Å². The number of nitrogens with zero attached hydrogens (tertiary/aromatic N) is 2. The van der Waals surface area contributed by atoms with Crippen LogP contribution in [-0.2, 0) is 0 Å². The average molecular weight is 260 g/mol. The van der Waals surface area contributed by atoms with Crippen molar-refractivity contribution in [2.24, 2.45) is 10.8 Å². The van der Waals surface area contributed by atoms with E-state index in [-0.39, 0.29) is 5.11 Å². The number of rotatable bonds is 3. The molecule has 6 heteroatoms. The van der Waals surface area contributed by atoms with Crippen molar-refractivity contribution in [2.45, 2.75) is 0 Å². The van der Waals surface area contributed by atoms with Gasteiger partial charge in [0.1, 0.15) is 5.75 Å². The Morgan fingerprint density at radius 1 is 1.50 bits per heavy atom. The van der Waals surface area contributed by atoms with Gasteiger partial charge < -0.3 is 10.5 Å². The van der Waals surface area contributed by atoms with Crippen LogP contribution in [0, 0.1) is 0 Å². The number of nitrogens with two attached hydrogens (primary N) is 1. The molecular formula is C12H12N4OS. The third-order valence-corrected chi connectivity index (χ3v) is 2.46. The van der Waals surface area contributed by atoms with Gasteiger partial charge in [-0.3, -0.25) is 10.4 Å². The lowest BCUT2D eigenvalue weighted by Crippen LogP contribution is -2.24. The number of ether oxygens (including phenoxy) is 1. The van der Waals surface area contributed by atoms with Gasteiger partial charge in [0, 0.05) is 11.6 Å². The smallest absolute Gasteiger partial charge is 0.184 e. The van der Waals surface area contributed by atoms with Crippen LogP contribution in [0.4, 0.5) is 0 Å². The number of hydrogen-bond donors (Lipinski definition) is 2. The highest BCUT2D eigenvalue weighted by Crippen LogP contribution is 2.21. The van der Waals surface area contributed by atoms with Gasteiger partial charge in [-0.1, -0.05) is 0 Å². The number of fused-ring (bicyclic) bond motifs is 1. The van der Waals surface area contributed by atoms with Crippen molar-refractivity contribution in [3.63, 3.8) is 0 Å². The minimum absolute atomic E-state index is 0.119. The number of aromatic nitrogens is 1. The van der Waals surface area contributed by atoms with E-state index in [0.717, 1.165) is 22.2 Å². The molecule has 0 atom stereocenters. The SMILES string of the molecule is COc1ccc2c(C=NNC(N)=S)nccc2c1. The number of nitrogens with one attached hydrogen (secondary N) is 1. The van der Waals surface area contributed by atoms with Gasteiger partial charge in [-0.2, -0.15) is 5.10 Å². The maximum absolute atomic E-state index is 5.28. The Bertz CT molecular complexity index is 612. The van der Waals surface area contributed by atoms with E-state index in [0.29, 0.717) is 0 Å². The molecule has 3 N–H and O–H groups in total. The summed E-state index contributed by atoms with van der Waals surface area (Å²) in [7, 11) is 1.64. The summed E-state index contributed by atoms with van der Waals surface area (Å²) in [6.07, 6.45) is 3.29. The quantitative estimate of drug-likeness (QED) is 0.496. The Morgan fingerprint density at radius 2 is 2.33 bits per heavy atom. The van der Waals surface area contributed by atoms with Crippen molar-refractivity contribution < 1.29 is 4.74 Å². The number of benzene rings is 1. The first-order valence-electron chi connectivity index (χ1n) is 5.22. The summed E-state index contributed by atoms with van der Waals surface area (Å²) in [4.78, 5) is 4.25. The van der Waals surface area contributed by atoms with Crippen LogP contribution in [-0.4, -0.2) is 23.4 Å². The molecule has 0 fully saturated rings. The molecule has 18 heavy (non-hydrogen) atoms. The predicted molar refractivity (Wildman–Crippen MR) is 75.8 cm³/mol. The van der Waals surface area contributed by atoms with E-state index >= 15 is 0 Å². The van der Waals surface area contributed by atoms with Crippen LogP contribution in [0.1, 0.15) is 5.69 Å². The highest BCUT2D eigenvalue weighted by molar-refractivity contribution is 7.80. The number of hydrazone groups is 1. The molecule has 0 spiro atoms. The van der Waals surface area contributed by atoms with E-state index in [4.69, 9.17) is 10.5 Å². The molecule has 1 heterocycles. The molecule has 0 aliphatic heterocycles. The van der Waals surface area contributed by atoms with Gasteiger partial charge in [-0.25, -0.2) is 0 Å². The van der Waals surface area contributed by atoms with Gasteiger partial charge in [-0.05, 0) is 41.9 Å². The van der Waals surface area contributed by atoms with E-state index in [2.05, 4.69) is 27.7 Å². The van der Waals surface area contributed by atoms with Crippen molar-refractivity contribution in [1.29, 1.82) is 0 Å². The van der Waals surface area contributed by atoms with Gasteiger partial charge in [0.05, 0.1) is 19.0 Å². The van der Waals surface area contributed by atoms with Crippen LogP contribution in [0.15, 0.2) is 35.6 Å². The van der Waals surface area contributed by atoms with Gasteiger partial charge in [0.25, 0.3) is 0 Å². The molecule has 0 aliphatic rings. The summed E-state index contributed by atoms with van der Waals surface area (Å²) in [5.41, 5.74) is 8.51. The summed E-state index contributed by atoms with van der Waals surface area (Å²) in [5, 5.41) is 6.02. The van der Waals surface area contributed by atoms with Gasteiger partial charge in [0.15, 0.2) is 5.11 Å². The zero-order valence-electron chi connectivity index (χ0n) is 9.75. The van der Waals surface area contributed by atoms with E-state index in [1.807, 2.05) is 24.3 Å². The van der Waals surface area contributed by atoms with E-state index in [1.54, 1.807) is 19.5 Å². The highest BCUT2D eigenvalue weighted by Gasteiger charge is 2.01. The van der Waals surface area contributed by atoms with E-state index < -0.39 is 0 Å². The summed E-state index contributed by atoms with van der Waals surface area (Å²) >= 11 is 4.66. The predicted octanol–water partition coefficient (Wildman–Crippen LogP) is 1.41. The van der Waals surface area contributed by atoms with Crippen molar-refractivity contribution in [3.8, 4) is 5.75 Å². The fourth-order valence-corrected chi connectivity index (χ4v) is 1.62. The Balaban J connectivity index is 2.39. The molecule has 1 aromatic carbocycles. The Morgan fingerprint density at radius 3 is 3.06 bits per heavy atom. The molecule has 1 aromatic heterocycles. The molecule has 0 saturated heterocycles. The lowest BCUT2D eigenvalue weighted by Gasteiger charge is -2.04. The zero-order valence-corrected chi connectivity index (χ0v) is 10.6. The first-order chi connectivity index (χ1) is 8.70. The summed E-state index contributed by atoms with van der Waals surface area (Å²) in [6, 6.07) is 7.66. The molecule has 2 rings (SSSR count). The van der Waals surface area contributed by atoms with Crippen LogP contribution in [0.25, 0.3) is 10.8 Å². The lowest BCUT2D eigenvalue weighted by molar-refractivity contribution is 0.415. The molecule has 0 aliphatic carbocycles. The molecule has 5 nitrogen and oxygen atoms in total. The molecule has 0 saturated carbocycles. The topological polar surface area (TPSA) is 72.5 Å². The minimum atomic E-state index is 0.119. The number of thiocarbonyl (C=S) groups is 1. The fraction of sp³-hybridized carbons (Fsp3) is 0.0833. The molecule has 0 unspecified atom stereocenters. The summed E-state index contributed by atoms with van der Waals surface area (Å²) in [5.74, 6) is 0.804. The minimum Gasteiger partial charge on any atom is -0.497 e. The van der Waals surface area contributed by atoms with E-state index in [9.17, 15) is 0 Å². The van der Waals surface area contributed by atoms with Crippen molar-refractivity contribution in [1.82, 2.24) is 10.4 Å². The second-order valence-corrected chi connectivity index (χ2v) is 3.96. The summed E-state index contributed by atoms with van der Waals surface area (Å²) in [6.45, 7) is 0. The third kappa shape index (κ3) is 2.72. The molecular weight excluding hydrogens is 248 g/mol. The van der Waals surface area contributed by atoms with Crippen molar-refractivity contribution in [2.75, 3.05) is 7.11 Å². The standard InChI is InChI=1S/C12H12N4OS/c1-17-9-2-3-10-8(6-9)4-5-14-11(10)7-15-16-12(13)18/h2-7H,1H3,(H3,13,16,18). The molecule has 92 valence electrons. The Hall–Kier alpha value is -2.21. The first kappa shape index (κ1) is 12.3. The maximum atomic E-state index is 5.28. The molecule has 2 aromatic rings. The van der Waals surface area contributed by atoms with Crippen LogP contribution in [0.2, 0.25) is 0 Å². The Labute approximate surface area is 110 Å². The number of hydrogen-bond acceptors (Lipinski definition) is 4. The number of methoxy groups -OCH3 is 1. The van der Waals surface area contributed by atoms with E-state index in [1.165, 1.54) is 0 Å². The zero-order chi connectivity index (χ0) is 13.0. The second kappa shape index (κ2) is 5.42. The molecule has 0 bridgehead atoms. The van der Waals surface area contributed by atoms with Gasteiger partial charge in [-0.15, -0.1) is 0 Å². The van der Waals surface area contributed by atoms with Crippen molar-refractivity contribution >= 4 is 34.3 Å². The molecule has 0 radical (unpaired) electrons. The van der Waals surface area contributed by atoms with Gasteiger partial charge in [0.2, 0.25) is 0 Å². The Kier molecular flexibility index (Phi) is 3.69. The van der Waals surface area contributed by atoms with Crippen LogP contribution in [0.3, 0.4) is 0 Å². The molecule has 0 amide bonds. The normalized spacial score (nSPS) is 10.7. The number of pyridine rings is 1. The average Bonchev–Trinajstić information content (AvgIpc) is 2.38. The van der Waals surface area contributed by atoms with Crippen LogP contribution in [0.5, 0.6) is 5.75 Å². The fourth-order valence-electron chi connectivity index (χ4n) is 1.57. The third-order valence-electron chi connectivity index (χ3n) is 2.36. The first-order valence-corrected chi connectivity index (χ1v) is 5.63. The largest absolute Gasteiger partial charge is 0.497 e. The van der Waals surface area contributed by atoms with Crippen molar-refractivity contribution in [3.05, 3.63) is 36.2 Å². The van der Waals surface area contributed by atoms with Gasteiger partial charge >= 0.3 is 0 Å². The van der Waals surface area contributed by atoms with Crippen LogP contribution >= 0.6 is 12.2 Å².